The van der Waals surface area contributed by atoms with Crippen molar-refractivity contribution in [3.05, 3.63) is 28.5 Å². The fourth-order valence-corrected chi connectivity index (χ4v) is 1.97. The highest BCUT2D eigenvalue weighted by molar-refractivity contribution is 9.10. The molecule has 0 atom stereocenters. The van der Waals surface area contributed by atoms with E-state index in [-0.39, 0.29) is 11.9 Å². The fraction of sp³-hybridized carbons (Fsp3) is 0.455. The summed E-state index contributed by atoms with van der Waals surface area (Å²) in [6, 6.07) is 3.82. The normalized spacial score (nSPS) is 17.1. The predicted octanol–water partition coefficient (Wildman–Crippen LogP) is 1.33. The zero-order valence-corrected chi connectivity index (χ0v) is 10.5. The summed E-state index contributed by atoms with van der Waals surface area (Å²) in [7, 11) is 0. The summed E-state index contributed by atoms with van der Waals surface area (Å²) in [6.07, 6.45) is 3.61. The van der Waals surface area contributed by atoms with Gasteiger partial charge in [0, 0.05) is 16.7 Å². The van der Waals surface area contributed by atoms with Crippen LogP contribution in [-0.2, 0) is 0 Å². The number of nitrogens with one attached hydrogen (secondary N) is 2. The van der Waals surface area contributed by atoms with Crippen molar-refractivity contribution in [2.24, 2.45) is 0 Å². The van der Waals surface area contributed by atoms with Crippen molar-refractivity contribution in [3.8, 4) is 0 Å². The molecule has 1 fully saturated rings. The summed E-state index contributed by atoms with van der Waals surface area (Å²) < 4.78 is 0.880. The standard InChI is InChI=1S/C11H14BrN3O/c12-8-1-2-10(14-7-8)11(16)15-9-3-5-13-6-4-9/h1-2,7,9,13H,3-6H2,(H,15,16). The van der Waals surface area contributed by atoms with Crippen molar-refractivity contribution in [1.82, 2.24) is 15.6 Å². The Morgan fingerprint density at radius 1 is 1.44 bits per heavy atom. The predicted molar refractivity (Wildman–Crippen MR) is 65.3 cm³/mol. The summed E-state index contributed by atoms with van der Waals surface area (Å²) in [6.45, 7) is 1.94. The minimum atomic E-state index is -0.0839. The van der Waals surface area contributed by atoms with Crippen molar-refractivity contribution < 1.29 is 4.79 Å². The van der Waals surface area contributed by atoms with E-state index in [1.165, 1.54) is 0 Å². The molecule has 1 aliphatic rings. The third-order valence-corrected chi connectivity index (χ3v) is 3.10. The molecule has 2 rings (SSSR count). The Morgan fingerprint density at radius 3 is 2.81 bits per heavy atom. The van der Waals surface area contributed by atoms with Crippen LogP contribution in [0.25, 0.3) is 0 Å². The van der Waals surface area contributed by atoms with Gasteiger partial charge in [-0.15, -0.1) is 0 Å². The molecule has 4 nitrogen and oxygen atoms in total. The number of nitrogens with zero attached hydrogens (tertiary/aromatic N) is 1. The molecule has 1 aromatic heterocycles. The van der Waals surface area contributed by atoms with E-state index in [4.69, 9.17) is 0 Å². The highest BCUT2D eigenvalue weighted by Crippen LogP contribution is 2.08. The van der Waals surface area contributed by atoms with E-state index in [1.54, 1.807) is 12.3 Å². The molecule has 5 heteroatoms. The SMILES string of the molecule is O=C(NC1CCNCC1)c1ccc(Br)cn1. The van der Waals surface area contributed by atoms with E-state index in [1.807, 2.05) is 6.07 Å². The van der Waals surface area contributed by atoms with E-state index < -0.39 is 0 Å². The summed E-state index contributed by atoms with van der Waals surface area (Å²) in [5.41, 5.74) is 0.474. The molecule has 86 valence electrons. The van der Waals surface area contributed by atoms with Gasteiger partial charge in [-0.25, -0.2) is 4.98 Å². The molecule has 0 spiro atoms. The molecule has 0 saturated carbocycles. The van der Waals surface area contributed by atoms with Crippen LogP contribution < -0.4 is 10.6 Å². The van der Waals surface area contributed by atoms with Crippen LogP contribution in [0.2, 0.25) is 0 Å². The van der Waals surface area contributed by atoms with E-state index in [0.717, 1.165) is 30.4 Å². The number of rotatable bonds is 2. The number of carbonyl (C=O) groups excluding carboxylic acids is 1. The van der Waals surface area contributed by atoms with Gasteiger partial charge in [0.05, 0.1) is 0 Å². The number of hydrogen-bond donors (Lipinski definition) is 2. The van der Waals surface area contributed by atoms with E-state index in [0.29, 0.717) is 5.69 Å². The molecule has 0 aromatic carbocycles. The van der Waals surface area contributed by atoms with Crippen molar-refractivity contribution in [1.29, 1.82) is 0 Å². The molecule has 1 aromatic rings. The van der Waals surface area contributed by atoms with Crippen LogP contribution in [0.1, 0.15) is 23.3 Å². The Labute approximate surface area is 103 Å². The monoisotopic (exact) mass is 283 g/mol. The van der Waals surface area contributed by atoms with E-state index >= 15 is 0 Å². The molecule has 1 aliphatic heterocycles. The maximum Gasteiger partial charge on any atom is 0.270 e. The minimum absolute atomic E-state index is 0.0839. The largest absolute Gasteiger partial charge is 0.348 e. The Hall–Kier alpha value is -0.940. The van der Waals surface area contributed by atoms with Crippen molar-refractivity contribution in [2.75, 3.05) is 13.1 Å². The van der Waals surface area contributed by atoms with Gasteiger partial charge < -0.3 is 10.6 Å². The molecule has 0 unspecified atom stereocenters. The number of aromatic nitrogens is 1. The lowest BCUT2D eigenvalue weighted by atomic mass is 10.1. The zero-order valence-electron chi connectivity index (χ0n) is 8.87. The average molecular weight is 284 g/mol. The molecule has 2 heterocycles. The van der Waals surface area contributed by atoms with Crippen molar-refractivity contribution >= 4 is 21.8 Å². The van der Waals surface area contributed by atoms with Crippen molar-refractivity contribution in [2.45, 2.75) is 18.9 Å². The molecular weight excluding hydrogens is 270 g/mol. The zero-order chi connectivity index (χ0) is 11.4. The van der Waals surface area contributed by atoms with Crippen molar-refractivity contribution in [3.63, 3.8) is 0 Å². The second-order valence-corrected chi connectivity index (χ2v) is 4.78. The molecule has 1 saturated heterocycles. The summed E-state index contributed by atoms with van der Waals surface area (Å²) >= 11 is 3.29. The van der Waals surface area contributed by atoms with Gasteiger partial charge in [-0.2, -0.15) is 0 Å². The second-order valence-electron chi connectivity index (χ2n) is 3.86. The van der Waals surface area contributed by atoms with Gasteiger partial charge >= 0.3 is 0 Å². The summed E-state index contributed by atoms with van der Waals surface area (Å²) in [5, 5.41) is 6.26. The van der Waals surface area contributed by atoms with Gasteiger partial charge in [0.25, 0.3) is 5.91 Å². The first-order valence-electron chi connectivity index (χ1n) is 5.39. The second kappa shape index (κ2) is 5.41. The Balaban J connectivity index is 1.94. The average Bonchev–Trinajstić information content (AvgIpc) is 2.31. The van der Waals surface area contributed by atoms with Crippen LogP contribution in [0.4, 0.5) is 0 Å². The molecule has 16 heavy (non-hydrogen) atoms. The fourth-order valence-electron chi connectivity index (χ4n) is 1.74. The highest BCUT2D eigenvalue weighted by atomic mass is 79.9. The Bertz CT molecular complexity index is 360. The number of amides is 1. The van der Waals surface area contributed by atoms with Crippen LogP contribution in [0.15, 0.2) is 22.8 Å². The third kappa shape index (κ3) is 3.02. The van der Waals surface area contributed by atoms with Gasteiger partial charge in [0.2, 0.25) is 0 Å². The van der Waals surface area contributed by atoms with E-state index in [2.05, 4.69) is 31.5 Å². The maximum absolute atomic E-state index is 11.8. The highest BCUT2D eigenvalue weighted by Gasteiger charge is 2.16. The smallest absolute Gasteiger partial charge is 0.270 e. The number of pyridine rings is 1. The molecule has 1 amide bonds. The first-order valence-corrected chi connectivity index (χ1v) is 6.18. The van der Waals surface area contributed by atoms with Gasteiger partial charge in [-0.1, -0.05) is 0 Å². The first kappa shape index (κ1) is 11.5. The lowest BCUT2D eigenvalue weighted by Gasteiger charge is -2.23. The van der Waals surface area contributed by atoms with Crippen LogP contribution in [-0.4, -0.2) is 30.0 Å². The van der Waals surface area contributed by atoms with Crippen LogP contribution in [0.5, 0.6) is 0 Å². The summed E-state index contributed by atoms with van der Waals surface area (Å²) in [5.74, 6) is -0.0839. The maximum atomic E-state index is 11.8. The molecule has 0 radical (unpaired) electrons. The molecule has 0 aliphatic carbocycles. The summed E-state index contributed by atoms with van der Waals surface area (Å²) in [4.78, 5) is 15.9. The van der Waals surface area contributed by atoms with Gasteiger partial charge in [-0.3, -0.25) is 4.79 Å². The van der Waals surface area contributed by atoms with Gasteiger partial charge in [-0.05, 0) is 54.0 Å². The third-order valence-electron chi connectivity index (χ3n) is 2.63. The van der Waals surface area contributed by atoms with Crippen LogP contribution >= 0.6 is 15.9 Å². The number of piperidine rings is 1. The minimum Gasteiger partial charge on any atom is -0.348 e. The number of hydrogen-bond acceptors (Lipinski definition) is 3. The Morgan fingerprint density at radius 2 is 2.19 bits per heavy atom. The first-order chi connectivity index (χ1) is 7.75. The van der Waals surface area contributed by atoms with Gasteiger partial charge in [0.15, 0.2) is 0 Å². The van der Waals surface area contributed by atoms with Gasteiger partial charge in [0.1, 0.15) is 5.69 Å². The number of halogens is 1. The quantitative estimate of drug-likeness (QED) is 0.861. The molecule has 0 bridgehead atoms. The lowest BCUT2D eigenvalue weighted by Crippen LogP contribution is -2.42. The number of carbonyl (C=O) groups is 1. The molecular formula is C11H14BrN3O. The van der Waals surface area contributed by atoms with E-state index in [9.17, 15) is 4.79 Å². The lowest BCUT2D eigenvalue weighted by molar-refractivity contribution is 0.0924. The molecule has 2 N–H and O–H groups in total. The van der Waals surface area contributed by atoms with Crippen LogP contribution in [0, 0.1) is 0 Å². The van der Waals surface area contributed by atoms with Crippen LogP contribution in [0.3, 0.4) is 0 Å². The topological polar surface area (TPSA) is 54.0 Å². The Kier molecular flexibility index (Phi) is 3.90.